The molecule has 7 nitrogen and oxygen atoms in total. The normalized spacial score (nSPS) is 24.8. The second-order valence-electron chi connectivity index (χ2n) is 6.33. The average Bonchev–Trinajstić information content (AvgIpc) is 3.11. The van der Waals surface area contributed by atoms with Crippen LogP contribution in [0.15, 0.2) is 18.3 Å². The molecule has 0 radical (unpaired) electrons. The van der Waals surface area contributed by atoms with Gasteiger partial charge in [0.2, 0.25) is 5.91 Å². The van der Waals surface area contributed by atoms with Crippen LogP contribution in [0.5, 0.6) is 5.75 Å². The van der Waals surface area contributed by atoms with Gasteiger partial charge < -0.3 is 20.1 Å². The summed E-state index contributed by atoms with van der Waals surface area (Å²) in [5, 5.41) is 0. The van der Waals surface area contributed by atoms with Gasteiger partial charge in [0, 0.05) is 19.3 Å². The van der Waals surface area contributed by atoms with Gasteiger partial charge in [-0.05, 0) is 43.7 Å². The van der Waals surface area contributed by atoms with Crippen LogP contribution in [0, 0.1) is 5.92 Å². The van der Waals surface area contributed by atoms with E-state index in [9.17, 15) is 9.59 Å². The zero-order chi connectivity index (χ0) is 17.1. The van der Waals surface area contributed by atoms with Gasteiger partial charge >= 0.3 is 0 Å². The Kier molecular flexibility index (Phi) is 4.99. The van der Waals surface area contributed by atoms with E-state index in [1.165, 1.54) is 7.11 Å². The lowest BCUT2D eigenvalue weighted by atomic mass is 9.89. The molecule has 2 amide bonds. The number of carbonyl (C=O) groups excluding carboxylic acids is 2. The molecule has 7 heteroatoms. The van der Waals surface area contributed by atoms with Gasteiger partial charge in [0.25, 0.3) is 5.91 Å². The second-order valence-corrected chi connectivity index (χ2v) is 6.33. The Balaban J connectivity index is 1.57. The first-order valence-electron chi connectivity index (χ1n) is 8.33. The lowest BCUT2D eigenvalue weighted by Crippen LogP contribution is -2.42. The highest BCUT2D eigenvalue weighted by molar-refractivity contribution is 5.95. The number of pyridine rings is 1. The maximum absolute atomic E-state index is 12.6. The number of primary amides is 1. The molecule has 2 aliphatic heterocycles. The van der Waals surface area contributed by atoms with E-state index in [0.717, 1.165) is 19.3 Å². The molecule has 2 N–H and O–H groups in total. The third-order valence-electron chi connectivity index (χ3n) is 4.92. The quantitative estimate of drug-likeness (QED) is 0.886. The second kappa shape index (κ2) is 7.17. The van der Waals surface area contributed by atoms with E-state index in [2.05, 4.69) is 4.98 Å². The zero-order valence-electron chi connectivity index (χ0n) is 13.8. The van der Waals surface area contributed by atoms with E-state index in [0.29, 0.717) is 36.9 Å². The highest BCUT2D eigenvalue weighted by atomic mass is 16.5. The summed E-state index contributed by atoms with van der Waals surface area (Å²) in [6, 6.07) is 3.48. The molecule has 0 aromatic carbocycles. The van der Waals surface area contributed by atoms with Gasteiger partial charge in [-0.15, -0.1) is 0 Å². The Morgan fingerprint density at radius 1 is 1.29 bits per heavy atom. The van der Waals surface area contributed by atoms with Crippen molar-refractivity contribution in [3.8, 4) is 5.75 Å². The van der Waals surface area contributed by atoms with Crippen molar-refractivity contribution >= 4 is 11.8 Å². The van der Waals surface area contributed by atoms with Crippen LogP contribution in [0.1, 0.15) is 36.2 Å². The van der Waals surface area contributed by atoms with Crippen LogP contribution in [0.4, 0.5) is 0 Å². The van der Waals surface area contributed by atoms with Crippen LogP contribution in [-0.4, -0.2) is 54.1 Å². The maximum Gasteiger partial charge on any atom is 0.276 e. The van der Waals surface area contributed by atoms with Crippen molar-refractivity contribution in [2.24, 2.45) is 11.7 Å². The van der Waals surface area contributed by atoms with Gasteiger partial charge in [-0.3, -0.25) is 9.59 Å². The van der Waals surface area contributed by atoms with Crippen LogP contribution < -0.4 is 10.5 Å². The summed E-state index contributed by atoms with van der Waals surface area (Å²) in [5.41, 5.74) is 5.66. The summed E-state index contributed by atoms with van der Waals surface area (Å²) in [7, 11) is 1.53. The molecule has 3 heterocycles. The Labute approximate surface area is 141 Å². The van der Waals surface area contributed by atoms with Gasteiger partial charge in [-0.25, -0.2) is 4.98 Å². The standard InChI is InChI=1S/C17H23N3O4/c1-23-13-3-2-8-19-15(13)17(22)20-9-6-11(7-10-20)12-4-5-14(24-12)16(18)21/h2-3,8,11-12,14H,4-7,9-10H2,1H3,(H2,18,21)/t12-,14+/m0/s1. The Bertz CT molecular complexity index is 614. The van der Waals surface area contributed by atoms with Crippen molar-refractivity contribution in [2.45, 2.75) is 37.9 Å². The van der Waals surface area contributed by atoms with Crippen LogP contribution in [-0.2, 0) is 9.53 Å². The summed E-state index contributed by atoms with van der Waals surface area (Å²) < 4.78 is 11.0. The molecular formula is C17H23N3O4. The number of piperidine rings is 1. The van der Waals surface area contributed by atoms with E-state index < -0.39 is 6.10 Å². The van der Waals surface area contributed by atoms with E-state index in [4.69, 9.17) is 15.2 Å². The van der Waals surface area contributed by atoms with Crippen molar-refractivity contribution in [3.05, 3.63) is 24.0 Å². The van der Waals surface area contributed by atoms with E-state index in [-0.39, 0.29) is 17.9 Å². The van der Waals surface area contributed by atoms with Crippen molar-refractivity contribution in [1.82, 2.24) is 9.88 Å². The van der Waals surface area contributed by atoms with Crippen LogP contribution >= 0.6 is 0 Å². The first-order valence-corrected chi connectivity index (χ1v) is 8.33. The fourth-order valence-corrected chi connectivity index (χ4v) is 3.56. The molecule has 1 aromatic rings. The van der Waals surface area contributed by atoms with Crippen molar-refractivity contribution in [3.63, 3.8) is 0 Å². The highest BCUT2D eigenvalue weighted by Gasteiger charge is 2.36. The first-order chi connectivity index (χ1) is 11.6. The number of aromatic nitrogens is 1. The minimum Gasteiger partial charge on any atom is -0.494 e. The number of hydrogen-bond acceptors (Lipinski definition) is 5. The molecule has 0 aliphatic carbocycles. The van der Waals surface area contributed by atoms with E-state index in [1.807, 2.05) is 4.90 Å². The number of ether oxygens (including phenoxy) is 2. The Hall–Kier alpha value is -2.15. The summed E-state index contributed by atoms with van der Waals surface area (Å²) in [5.74, 6) is 0.373. The summed E-state index contributed by atoms with van der Waals surface area (Å²) in [6.45, 7) is 1.31. The molecule has 2 fully saturated rings. The minimum atomic E-state index is -0.451. The van der Waals surface area contributed by atoms with Crippen molar-refractivity contribution in [2.75, 3.05) is 20.2 Å². The summed E-state index contributed by atoms with van der Waals surface area (Å²) in [6.07, 6.45) is 4.49. The molecule has 3 rings (SSSR count). The largest absolute Gasteiger partial charge is 0.494 e. The molecule has 2 saturated heterocycles. The molecule has 0 saturated carbocycles. The third-order valence-corrected chi connectivity index (χ3v) is 4.92. The molecular weight excluding hydrogens is 310 g/mol. The molecule has 24 heavy (non-hydrogen) atoms. The molecule has 0 spiro atoms. The Morgan fingerprint density at radius 2 is 2.04 bits per heavy atom. The number of rotatable bonds is 4. The molecule has 1 aromatic heterocycles. The fourth-order valence-electron chi connectivity index (χ4n) is 3.56. The number of carbonyl (C=O) groups is 2. The van der Waals surface area contributed by atoms with Gasteiger partial charge in [0.05, 0.1) is 13.2 Å². The number of methoxy groups -OCH3 is 1. The summed E-state index contributed by atoms with van der Waals surface area (Å²) in [4.78, 5) is 29.8. The number of nitrogens with zero attached hydrogens (tertiary/aromatic N) is 2. The molecule has 2 aliphatic rings. The number of hydrogen-bond donors (Lipinski definition) is 1. The van der Waals surface area contributed by atoms with Crippen LogP contribution in [0.3, 0.4) is 0 Å². The first kappa shape index (κ1) is 16.7. The van der Waals surface area contributed by atoms with E-state index in [1.54, 1.807) is 18.3 Å². The highest BCUT2D eigenvalue weighted by Crippen LogP contribution is 2.32. The minimum absolute atomic E-state index is 0.0733. The predicted molar refractivity (Wildman–Crippen MR) is 86.5 cm³/mol. The summed E-state index contributed by atoms with van der Waals surface area (Å²) >= 11 is 0. The smallest absolute Gasteiger partial charge is 0.276 e. The lowest BCUT2D eigenvalue weighted by Gasteiger charge is -2.34. The molecule has 0 bridgehead atoms. The van der Waals surface area contributed by atoms with Gasteiger partial charge in [0.1, 0.15) is 11.9 Å². The van der Waals surface area contributed by atoms with Gasteiger partial charge in [-0.1, -0.05) is 0 Å². The Morgan fingerprint density at radius 3 is 2.67 bits per heavy atom. The van der Waals surface area contributed by atoms with Gasteiger partial charge in [0.15, 0.2) is 5.69 Å². The fraction of sp³-hybridized carbons (Fsp3) is 0.588. The monoisotopic (exact) mass is 333 g/mol. The molecule has 0 unspecified atom stereocenters. The number of amides is 2. The van der Waals surface area contributed by atoms with E-state index >= 15 is 0 Å². The lowest BCUT2D eigenvalue weighted by molar-refractivity contribution is -0.130. The number of nitrogens with two attached hydrogens (primary N) is 1. The van der Waals surface area contributed by atoms with Crippen molar-refractivity contribution < 1.29 is 19.1 Å². The predicted octanol–water partition coefficient (Wildman–Crippen LogP) is 0.975. The molecule has 2 atom stereocenters. The zero-order valence-corrected chi connectivity index (χ0v) is 13.8. The average molecular weight is 333 g/mol. The SMILES string of the molecule is COc1cccnc1C(=O)N1CCC([C@@H]2CC[C@H](C(N)=O)O2)CC1. The topological polar surface area (TPSA) is 94.8 Å². The third kappa shape index (κ3) is 3.36. The maximum atomic E-state index is 12.6. The number of likely N-dealkylation sites (tertiary alicyclic amines) is 1. The van der Waals surface area contributed by atoms with Crippen molar-refractivity contribution in [1.29, 1.82) is 0 Å². The van der Waals surface area contributed by atoms with Gasteiger partial charge in [-0.2, -0.15) is 0 Å². The van der Waals surface area contributed by atoms with Crippen LogP contribution in [0.25, 0.3) is 0 Å². The molecule has 130 valence electrons. The van der Waals surface area contributed by atoms with Crippen LogP contribution in [0.2, 0.25) is 0 Å².